The van der Waals surface area contributed by atoms with E-state index in [1.165, 1.54) is 56.4 Å². The van der Waals surface area contributed by atoms with Crippen molar-refractivity contribution >= 4 is 5.69 Å². The fourth-order valence-corrected chi connectivity index (χ4v) is 3.26. The van der Waals surface area contributed by atoms with Crippen LogP contribution in [0.25, 0.3) is 0 Å². The molecule has 1 saturated heterocycles. The Hall–Kier alpha value is -1.06. The summed E-state index contributed by atoms with van der Waals surface area (Å²) >= 11 is 0. The number of hydrogen-bond acceptors (Lipinski definition) is 3. The van der Waals surface area contributed by atoms with Gasteiger partial charge in [-0.05, 0) is 49.8 Å². The minimum Gasteiger partial charge on any atom is -0.377 e. The van der Waals surface area contributed by atoms with Gasteiger partial charge in [0.25, 0.3) is 0 Å². The van der Waals surface area contributed by atoms with Gasteiger partial charge in [-0.2, -0.15) is 0 Å². The van der Waals surface area contributed by atoms with Gasteiger partial charge in [-0.3, -0.25) is 0 Å². The molecule has 1 aliphatic carbocycles. The molecule has 0 unspecified atom stereocenters. The first-order valence-corrected chi connectivity index (χ1v) is 7.91. The largest absolute Gasteiger partial charge is 0.377 e. The molecule has 20 heavy (non-hydrogen) atoms. The molecule has 1 aromatic carbocycles. The lowest BCUT2D eigenvalue weighted by Gasteiger charge is -2.40. The molecule has 0 aromatic heterocycles. The predicted molar refractivity (Wildman–Crippen MR) is 83.2 cm³/mol. The number of anilines is 1. The van der Waals surface area contributed by atoms with Crippen molar-refractivity contribution in [1.29, 1.82) is 0 Å². The Bertz CT molecular complexity index is 414. The molecule has 3 nitrogen and oxygen atoms in total. The molecule has 0 bridgehead atoms. The zero-order valence-electron chi connectivity index (χ0n) is 12.5. The minimum absolute atomic E-state index is 0.121. The molecule has 2 aliphatic rings. The molecule has 0 atom stereocenters. The molecule has 3 rings (SSSR count). The van der Waals surface area contributed by atoms with E-state index in [4.69, 9.17) is 4.74 Å². The average Bonchev–Trinajstić information content (AvgIpc) is 2.97. The van der Waals surface area contributed by atoms with Crippen LogP contribution in [0.1, 0.15) is 37.7 Å². The van der Waals surface area contributed by atoms with Gasteiger partial charge in [0, 0.05) is 39.0 Å². The van der Waals surface area contributed by atoms with E-state index in [2.05, 4.69) is 34.5 Å². The first kappa shape index (κ1) is 13.9. The Morgan fingerprint density at radius 2 is 1.80 bits per heavy atom. The third kappa shape index (κ3) is 2.99. The summed E-state index contributed by atoms with van der Waals surface area (Å²) in [5.41, 5.74) is 2.85. The van der Waals surface area contributed by atoms with E-state index in [9.17, 15) is 0 Å². The number of nitrogens with one attached hydrogen (secondary N) is 1. The Labute approximate surface area is 122 Å². The zero-order valence-corrected chi connectivity index (χ0v) is 12.5. The first-order chi connectivity index (χ1) is 9.81. The van der Waals surface area contributed by atoms with Crippen LogP contribution >= 0.6 is 0 Å². The highest BCUT2D eigenvalue weighted by Gasteiger charge is 2.36. The summed E-state index contributed by atoms with van der Waals surface area (Å²) in [5.74, 6) is 0. The van der Waals surface area contributed by atoms with Gasteiger partial charge < -0.3 is 15.0 Å². The minimum atomic E-state index is 0.121. The Morgan fingerprint density at radius 1 is 1.10 bits per heavy atom. The van der Waals surface area contributed by atoms with Gasteiger partial charge in [0.15, 0.2) is 0 Å². The predicted octanol–water partition coefficient (Wildman–Crippen LogP) is 2.95. The van der Waals surface area contributed by atoms with E-state index in [0.717, 1.165) is 13.1 Å². The van der Waals surface area contributed by atoms with Crippen LogP contribution in [0.4, 0.5) is 5.69 Å². The van der Waals surface area contributed by atoms with Gasteiger partial charge in [0.2, 0.25) is 0 Å². The second-order valence-corrected chi connectivity index (χ2v) is 6.20. The summed E-state index contributed by atoms with van der Waals surface area (Å²) in [7, 11) is 1.84. The van der Waals surface area contributed by atoms with Crippen molar-refractivity contribution in [3.63, 3.8) is 0 Å². The molecule has 1 saturated carbocycles. The highest BCUT2D eigenvalue weighted by Crippen LogP contribution is 2.34. The van der Waals surface area contributed by atoms with Gasteiger partial charge in [-0.25, -0.2) is 0 Å². The van der Waals surface area contributed by atoms with Gasteiger partial charge in [0.05, 0.1) is 5.60 Å². The number of methoxy groups -OCH3 is 1. The van der Waals surface area contributed by atoms with Crippen molar-refractivity contribution in [2.24, 2.45) is 0 Å². The Morgan fingerprint density at radius 3 is 2.35 bits per heavy atom. The van der Waals surface area contributed by atoms with Gasteiger partial charge in [-0.15, -0.1) is 0 Å². The molecule has 0 radical (unpaired) electrons. The molecule has 1 N–H and O–H groups in total. The summed E-state index contributed by atoms with van der Waals surface area (Å²) in [5, 5.41) is 3.55. The third-order valence-electron chi connectivity index (χ3n) is 4.88. The van der Waals surface area contributed by atoms with Crippen LogP contribution in [-0.2, 0) is 11.3 Å². The highest BCUT2D eigenvalue weighted by molar-refractivity contribution is 5.48. The summed E-state index contributed by atoms with van der Waals surface area (Å²) in [6.07, 6.45) is 6.37. The molecule has 0 amide bonds. The number of nitrogens with zero attached hydrogens (tertiary/aromatic N) is 1. The monoisotopic (exact) mass is 274 g/mol. The van der Waals surface area contributed by atoms with Crippen molar-refractivity contribution in [2.75, 3.05) is 31.6 Å². The molecule has 3 heteroatoms. The van der Waals surface area contributed by atoms with E-state index in [1.807, 2.05) is 7.11 Å². The fourth-order valence-electron chi connectivity index (χ4n) is 3.26. The van der Waals surface area contributed by atoms with Crippen LogP contribution in [0, 0.1) is 0 Å². The Kier molecular flexibility index (Phi) is 4.27. The van der Waals surface area contributed by atoms with Crippen LogP contribution in [-0.4, -0.2) is 32.3 Å². The maximum atomic E-state index is 5.63. The van der Waals surface area contributed by atoms with Crippen molar-refractivity contribution in [3.8, 4) is 0 Å². The first-order valence-electron chi connectivity index (χ1n) is 7.91. The van der Waals surface area contributed by atoms with Crippen LogP contribution in [0.5, 0.6) is 0 Å². The van der Waals surface area contributed by atoms with Crippen molar-refractivity contribution < 1.29 is 4.74 Å². The lowest BCUT2D eigenvalue weighted by atomic mass is 9.80. The zero-order chi connectivity index (χ0) is 13.8. The molecular weight excluding hydrogens is 248 g/mol. The van der Waals surface area contributed by atoms with E-state index in [-0.39, 0.29) is 5.60 Å². The quantitative estimate of drug-likeness (QED) is 0.863. The molecule has 1 aromatic rings. The molecule has 1 heterocycles. The van der Waals surface area contributed by atoms with Crippen LogP contribution in [0.15, 0.2) is 24.3 Å². The van der Waals surface area contributed by atoms with Gasteiger partial charge in [-0.1, -0.05) is 12.1 Å². The van der Waals surface area contributed by atoms with Crippen LogP contribution in [0.3, 0.4) is 0 Å². The van der Waals surface area contributed by atoms with Crippen LogP contribution in [0.2, 0.25) is 0 Å². The maximum Gasteiger partial charge on any atom is 0.0802 e. The summed E-state index contributed by atoms with van der Waals surface area (Å²) in [4.78, 5) is 2.48. The topological polar surface area (TPSA) is 24.5 Å². The molecular formula is C17H26N2O. The highest BCUT2D eigenvalue weighted by atomic mass is 16.5. The number of ether oxygens (including phenoxy) is 1. The fraction of sp³-hybridized carbons (Fsp3) is 0.647. The lowest BCUT2D eigenvalue weighted by molar-refractivity contribution is -0.0695. The van der Waals surface area contributed by atoms with Crippen molar-refractivity contribution in [3.05, 3.63) is 29.8 Å². The molecule has 2 fully saturated rings. The summed E-state index contributed by atoms with van der Waals surface area (Å²) in [6.45, 7) is 4.34. The normalized spacial score (nSPS) is 20.9. The van der Waals surface area contributed by atoms with E-state index in [0.29, 0.717) is 0 Å². The maximum absolute atomic E-state index is 5.63. The smallest absolute Gasteiger partial charge is 0.0802 e. The second-order valence-electron chi connectivity index (χ2n) is 6.20. The Balaban J connectivity index is 1.48. The van der Waals surface area contributed by atoms with E-state index >= 15 is 0 Å². The van der Waals surface area contributed by atoms with Crippen LogP contribution < -0.4 is 10.2 Å². The molecule has 110 valence electrons. The third-order valence-corrected chi connectivity index (χ3v) is 4.88. The number of hydrogen-bond donors (Lipinski definition) is 1. The van der Waals surface area contributed by atoms with Crippen molar-refractivity contribution in [2.45, 2.75) is 44.2 Å². The van der Waals surface area contributed by atoms with Gasteiger partial charge >= 0.3 is 0 Å². The summed E-state index contributed by atoms with van der Waals surface area (Å²) in [6, 6.07) is 9.03. The van der Waals surface area contributed by atoms with Crippen molar-refractivity contribution in [1.82, 2.24) is 5.32 Å². The number of rotatable bonds is 6. The summed E-state index contributed by atoms with van der Waals surface area (Å²) < 4.78 is 5.63. The second kappa shape index (κ2) is 6.15. The molecule has 0 spiro atoms. The molecule has 1 aliphatic heterocycles. The van der Waals surface area contributed by atoms with E-state index < -0.39 is 0 Å². The number of benzene rings is 1. The standard InChI is InChI=1S/C17H26N2O/c1-20-17(9-4-10-17)14-18-13-15-5-7-16(8-6-15)19-11-2-3-12-19/h5-8,18H,2-4,9-14H2,1H3. The van der Waals surface area contributed by atoms with E-state index in [1.54, 1.807) is 0 Å². The average molecular weight is 274 g/mol. The van der Waals surface area contributed by atoms with Gasteiger partial charge in [0.1, 0.15) is 0 Å². The SMILES string of the molecule is COC1(CNCc2ccc(N3CCCC3)cc2)CCC1. The lowest BCUT2D eigenvalue weighted by Crippen LogP contribution is -2.47.